The minimum absolute atomic E-state index is 0.206. The first-order valence-corrected chi connectivity index (χ1v) is 6.91. The maximum Gasteiger partial charge on any atom is 0.252 e. The molecule has 0 saturated carbocycles. The Labute approximate surface area is 131 Å². The highest BCUT2D eigenvalue weighted by Gasteiger charge is 2.14. The van der Waals surface area contributed by atoms with Crippen molar-refractivity contribution in [2.75, 3.05) is 11.9 Å². The second kappa shape index (κ2) is 5.54. The first kappa shape index (κ1) is 14.7. The van der Waals surface area contributed by atoms with Crippen LogP contribution in [0.25, 0.3) is 11.0 Å². The molecule has 3 rings (SSSR count). The van der Waals surface area contributed by atoms with Crippen LogP contribution in [-0.2, 0) is 7.05 Å². The summed E-state index contributed by atoms with van der Waals surface area (Å²) in [6.45, 7) is 0. The fourth-order valence-electron chi connectivity index (χ4n) is 2.45. The number of rotatable bonds is 2. The fourth-order valence-corrected chi connectivity index (χ4v) is 2.45. The van der Waals surface area contributed by atoms with E-state index in [1.165, 1.54) is 22.8 Å². The molecule has 0 aliphatic carbocycles. The molecule has 0 N–H and O–H groups in total. The van der Waals surface area contributed by atoms with E-state index in [9.17, 15) is 9.18 Å². The normalized spacial score (nSPS) is 10.5. The molecule has 0 aliphatic rings. The van der Waals surface area contributed by atoms with Gasteiger partial charge in [-0.1, -0.05) is 6.07 Å². The van der Waals surface area contributed by atoms with Crippen LogP contribution in [0.1, 0.15) is 5.69 Å². The van der Waals surface area contributed by atoms with Crippen molar-refractivity contribution >= 4 is 22.4 Å². The van der Waals surface area contributed by atoms with E-state index in [1.807, 2.05) is 6.07 Å². The molecule has 0 amide bonds. The van der Waals surface area contributed by atoms with Crippen LogP contribution in [0.2, 0.25) is 0 Å². The average Bonchev–Trinajstić information content (AvgIpc) is 2.57. The van der Waals surface area contributed by atoms with Crippen molar-refractivity contribution in [2.24, 2.45) is 7.05 Å². The van der Waals surface area contributed by atoms with Crippen molar-refractivity contribution in [3.63, 3.8) is 0 Å². The first-order valence-electron chi connectivity index (χ1n) is 6.91. The van der Waals surface area contributed by atoms with E-state index in [0.717, 1.165) is 0 Å². The molecule has 114 valence electrons. The molecule has 2 heterocycles. The summed E-state index contributed by atoms with van der Waals surface area (Å²) >= 11 is 0. The van der Waals surface area contributed by atoms with E-state index in [1.54, 1.807) is 43.3 Å². The SMILES string of the molecule is CN(c1cccc(F)c1)c1cc(=O)n(C)c2ccc(C#N)nc12. The minimum atomic E-state index is -0.367. The van der Waals surface area contributed by atoms with E-state index >= 15 is 0 Å². The maximum absolute atomic E-state index is 13.5. The van der Waals surface area contributed by atoms with E-state index in [-0.39, 0.29) is 17.1 Å². The van der Waals surface area contributed by atoms with Gasteiger partial charge in [-0.25, -0.2) is 9.37 Å². The van der Waals surface area contributed by atoms with Crippen molar-refractivity contribution in [2.45, 2.75) is 0 Å². The molecule has 2 aromatic heterocycles. The summed E-state index contributed by atoms with van der Waals surface area (Å²) in [5, 5.41) is 9.06. The maximum atomic E-state index is 13.5. The molecule has 5 nitrogen and oxygen atoms in total. The van der Waals surface area contributed by atoms with Gasteiger partial charge >= 0.3 is 0 Å². The summed E-state index contributed by atoms with van der Waals surface area (Å²) in [6.07, 6.45) is 0. The number of aryl methyl sites for hydroxylation is 1. The predicted molar refractivity (Wildman–Crippen MR) is 86.2 cm³/mol. The largest absolute Gasteiger partial charge is 0.343 e. The van der Waals surface area contributed by atoms with Gasteiger partial charge in [0.1, 0.15) is 23.1 Å². The Bertz CT molecular complexity index is 1000. The van der Waals surface area contributed by atoms with Crippen LogP contribution < -0.4 is 10.5 Å². The zero-order valence-corrected chi connectivity index (χ0v) is 12.6. The second-order valence-corrected chi connectivity index (χ2v) is 5.14. The van der Waals surface area contributed by atoms with Gasteiger partial charge in [-0.05, 0) is 30.3 Å². The molecule has 0 spiro atoms. The molecule has 6 heteroatoms. The van der Waals surface area contributed by atoms with Crippen LogP contribution in [0.3, 0.4) is 0 Å². The van der Waals surface area contributed by atoms with Gasteiger partial charge in [0.05, 0.1) is 11.2 Å². The quantitative estimate of drug-likeness (QED) is 0.730. The molecule has 3 aromatic rings. The molecular formula is C17H13FN4O. The molecule has 0 atom stereocenters. The Morgan fingerprint density at radius 2 is 2.04 bits per heavy atom. The second-order valence-electron chi connectivity index (χ2n) is 5.14. The third kappa shape index (κ3) is 2.53. The summed E-state index contributed by atoms with van der Waals surface area (Å²) in [5.41, 5.74) is 2.27. The smallest absolute Gasteiger partial charge is 0.252 e. The third-order valence-corrected chi connectivity index (χ3v) is 3.74. The molecular weight excluding hydrogens is 295 g/mol. The monoisotopic (exact) mass is 308 g/mol. The van der Waals surface area contributed by atoms with Crippen LogP contribution in [0.15, 0.2) is 47.3 Å². The predicted octanol–water partition coefficient (Wildman–Crippen LogP) is 2.71. The van der Waals surface area contributed by atoms with E-state index in [2.05, 4.69) is 4.98 Å². The number of hydrogen-bond donors (Lipinski definition) is 0. The number of aromatic nitrogens is 2. The van der Waals surface area contributed by atoms with Crippen molar-refractivity contribution in [3.05, 3.63) is 64.3 Å². The van der Waals surface area contributed by atoms with Gasteiger partial charge in [-0.2, -0.15) is 5.26 Å². The lowest BCUT2D eigenvalue weighted by molar-refractivity contribution is 0.628. The van der Waals surface area contributed by atoms with Crippen LogP contribution in [-0.4, -0.2) is 16.6 Å². The topological polar surface area (TPSA) is 61.9 Å². The molecule has 0 aliphatic heterocycles. The highest BCUT2D eigenvalue weighted by Crippen LogP contribution is 2.28. The Morgan fingerprint density at radius 3 is 2.74 bits per heavy atom. The van der Waals surface area contributed by atoms with Crippen molar-refractivity contribution in [1.29, 1.82) is 5.26 Å². The van der Waals surface area contributed by atoms with E-state index in [0.29, 0.717) is 22.4 Å². The van der Waals surface area contributed by atoms with Crippen LogP contribution in [0.4, 0.5) is 15.8 Å². The van der Waals surface area contributed by atoms with Gasteiger partial charge in [0.15, 0.2) is 0 Å². The van der Waals surface area contributed by atoms with Crippen molar-refractivity contribution in [3.8, 4) is 6.07 Å². The standard InChI is InChI=1S/C17H13FN4O/c1-21(13-5-3-4-11(18)8-13)15-9-16(23)22(2)14-7-6-12(10-19)20-17(14)15/h3-9H,1-2H3. The summed E-state index contributed by atoms with van der Waals surface area (Å²) in [5.74, 6) is -0.367. The summed E-state index contributed by atoms with van der Waals surface area (Å²) in [7, 11) is 3.37. The average molecular weight is 308 g/mol. The Morgan fingerprint density at radius 1 is 1.26 bits per heavy atom. The zero-order chi connectivity index (χ0) is 16.6. The van der Waals surface area contributed by atoms with Gasteiger partial charge in [0, 0.05) is 25.8 Å². The minimum Gasteiger partial charge on any atom is -0.343 e. The van der Waals surface area contributed by atoms with Crippen molar-refractivity contribution in [1.82, 2.24) is 9.55 Å². The third-order valence-electron chi connectivity index (χ3n) is 3.74. The zero-order valence-electron chi connectivity index (χ0n) is 12.6. The molecule has 1 aromatic carbocycles. The number of halogens is 1. The number of hydrogen-bond acceptors (Lipinski definition) is 4. The van der Waals surface area contributed by atoms with Crippen LogP contribution >= 0.6 is 0 Å². The number of nitrogens with zero attached hydrogens (tertiary/aromatic N) is 4. The van der Waals surface area contributed by atoms with Gasteiger partial charge in [0.2, 0.25) is 0 Å². The highest BCUT2D eigenvalue weighted by atomic mass is 19.1. The van der Waals surface area contributed by atoms with E-state index < -0.39 is 0 Å². The Balaban J connectivity index is 2.30. The molecule has 0 radical (unpaired) electrons. The van der Waals surface area contributed by atoms with Crippen LogP contribution in [0, 0.1) is 17.1 Å². The van der Waals surface area contributed by atoms with E-state index in [4.69, 9.17) is 5.26 Å². The highest BCUT2D eigenvalue weighted by molar-refractivity contribution is 5.90. The molecule has 0 fully saturated rings. The van der Waals surface area contributed by atoms with Crippen molar-refractivity contribution < 1.29 is 4.39 Å². The lowest BCUT2D eigenvalue weighted by atomic mass is 10.2. The first-order chi connectivity index (χ1) is 11.0. The molecule has 0 saturated heterocycles. The molecule has 0 unspecified atom stereocenters. The lowest BCUT2D eigenvalue weighted by Gasteiger charge is -2.21. The summed E-state index contributed by atoms with van der Waals surface area (Å²) in [4.78, 5) is 18.2. The number of benzene rings is 1. The van der Waals surface area contributed by atoms with Gasteiger partial charge < -0.3 is 9.47 Å². The van der Waals surface area contributed by atoms with Gasteiger partial charge in [-0.15, -0.1) is 0 Å². The lowest BCUT2D eigenvalue weighted by Crippen LogP contribution is -2.21. The van der Waals surface area contributed by atoms with Gasteiger partial charge in [-0.3, -0.25) is 4.79 Å². The summed E-state index contributed by atoms with van der Waals surface area (Å²) < 4.78 is 14.9. The number of pyridine rings is 2. The van der Waals surface area contributed by atoms with Crippen LogP contribution in [0.5, 0.6) is 0 Å². The Hall–Kier alpha value is -3.20. The molecule has 0 bridgehead atoms. The Kier molecular flexibility index (Phi) is 3.54. The number of nitriles is 1. The summed E-state index contributed by atoms with van der Waals surface area (Å²) in [6, 6.07) is 12.7. The molecule has 23 heavy (non-hydrogen) atoms. The fraction of sp³-hybridized carbons (Fsp3) is 0.118. The van der Waals surface area contributed by atoms with Gasteiger partial charge in [0.25, 0.3) is 5.56 Å². The number of fused-ring (bicyclic) bond motifs is 1. The number of anilines is 2.